The minimum atomic E-state index is -4.73. The summed E-state index contributed by atoms with van der Waals surface area (Å²) < 4.78 is 40.5. The van der Waals surface area contributed by atoms with Crippen molar-refractivity contribution < 1.29 is 23.0 Å². The van der Waals surface area contributed by atoms with E-state index in [1.807, 2.05) is 0 Å². The quantitative estimate of drug-likeness (QED) is 0.895. The molecular formula is C14H18F3NO2. The molecule has 2 rings (SSSR count). The zero-order valence-corrected chi connectivity index (χ0v) is 11.0. The molecule has 3 nitrogen and oxygen atoms in total. The van der Waals surface area contributed by atoms with E-state index < -0.39 is 17.9 Å². The maximum Gasteiger partial charge on any atom is 0.573 e. The van der Waals surface area contributed by atoms with E-state index in [1.165, 1.54) is 18.2 Å². The Kier molecular flexibility index (Phi) is 4.25. The molecule has 0 amide bonds. The number of hydrogen-bond acceptors (Lipinski definition) is 3. The van der Waals surface area contributed by atoms with Gasteiger partial charge in [0, 0.05) is 12.0 Å². The summed E-state index contributed by atoms with van der Waals surface area (Å²) in [7, 11) is 0. The Morgan fingerprint density at radius 2 is 1.95 bits per heavy atom. The zero-order chi connectivity index (χ0) is 14.8. The highest BCUT2D eigenvalue weighted by molar-refractivity contribution is 5.31. The van der Waals surface area contributed by atoms with Crippen LogP contribution in [0.4, 0.5) is 13.2 Å². The first-order valence-corrected chi connectivity index (χ1v) is 6.60. The number of hydrogen-bond donors (Lipinski definition) is 2. The Balaban J connectivity index is 2.22. The highest BCUT2D eigenvalue weighted by Gasteiger charge is 2.40. The van der Waals surface area contributed by atoms with Gasteiger partial charge in [-0.05, 0) is 30.5 Å². The van der Waals surface area contributed by atoms with Gasteiger partial charge in [-0.3, -0.25) is 0 Å². The lowest BCUT2D eigenvalue weighted by Gasteiger charge is -2.33. The SMILES string of the molecule is NCC1(C(O)c2cccc(OC(F)(F)F)c2)CCCC1. The van der Waals surface area contributed by atoms with E-state index in [4.69, 9.17) is 5.73 Å². The van der Waals surface area contributed by atoms with Crippen molar-refractivity contribution in [3.63, 3.8) is 0 Å². The van der Waals surface area contributed by atoms with E-state index in [2.05, 4.69) is 4.74 Å². The fourth-order valence-corrected chi connectivity index (χ4v) is 2.90. The molecule has 1 unspecified atom stereocenters. The van der Waals surface area contributed by atoms with Crippen molar-refractivity contribution in [2.45, 2.75) is 38.1 Å². The van der Waals surface area contributed by atoms with Crippen LogP contribution in [0.3, 0.4) is 0 Å². The minimum Gasteiger partial charge on any atom is -0.406 e. The van der Waals surface area contributed by atoms with E-state index in [1.54, 1.807) is 6.07 Å². The van der Waals surface area contributed by atoms with Gasteiger partial charge in [0.15, 0.2) is 0 Å². The summed E-state index contributed by atoms with van der Waals surface area (Å²) in [6, 6.07) is 5.49. The molecule has 1 aliphatic carbocycles. The molecule has 0 aliphatic heterocycles. The highest BCUT2D eigenvalue weighted by atomic mass is 19.4. The van der Waals surface area contributed by atoms with Crippen molar-refractivity contribution in [3.05, 3.63) is 29.8 Å². The second kappa shape index (κ2) is 5.61. The Bertz CT molecular complexity index is 456. The van der Waals surface area contributed by atoms with Crippen LogP contribution >= 0.6 is 0 Å². The van der Waals surface area contributed by atoms with Crippen LogP contribution in [0.1, 0.15) is 37.4 Å². The average molecular weight is 289 g/mol. The van der Waals surface area contributed by atoms with Crippen LogP contribution in [-0.4, -0.2) is 18.0 Å². The summed E-state index contributed by atoms with van der Waals surface area (Å²) in [6.45, 7) is 0.318. The van der Waals surface area contributed by atoms with Gasteiger partial charge in [-0.25, -0.2) is 0 Å². The Morgan fingerprint density at radius 3 is 2.50 bits per heavy atom. The van der Waals surface area contributed by atoms with Crippen LogP contribution in [0.2, 0.25) is 0 Å². The van der Waals surface area contributed by atoms with Gasteiger partial charge in [0.2, 0.25) is 0 Å². The first-order chi connectivity index (χ1) is 9.36. The fraction of sp³-hybridized carbons (Fsp3) is 0.571. The van der Waals surface area contributed by atoms with Crippen molar-refractivity contribution in [2.75, 3.05) is 6.54 Å². The van der Waals surface area contributed by atoms with E-state index >= 15 is 0 Å². The number of nitrogens with two attached hydrogens (primary N) is 1. The minimum absolute atomic E-state index is 0.318. The summed E-state index contributed by atoms with van der Waals surface area (Å²) >= 11 is 0. The molecule has 1 aromatic rings. The van der Waals surface area contributed by atoms with Crippen molar-refractivity contribution in [1.29, 1.82) is 0 Å². The summed E-state index contributed by atoms with van der Waals surface area (Å²) in [5.74, 6) is -0.320. The maximum absolute atomic E-state index is 12.2. The van der Waals surface area contributed by atoms with Crippen LogP contribution in [0.15, 0.2) is 24.3 Å². The molecule has 112 valence electrons. The van der Waals surface area contributed by atoms with Crippen molar-refractivity contribution in [2.24, 2.45) is 11.1 Å². The lowest BCUT2D eigenvalue weighted by molar-refractivity contribution is -0.274. The molecule has 3 N–H and O–H groups in total. The zero-order valence-electron chi connectivity index (χ0n) is 11.0. The van der Waals surface area contributed by atoms with E-state index in [0.29, 0.717) is 12.1 Å². The smallest absolute Gasteiger partial charge is 0.406 e. The van der Waals surface area contributed by atoms with Gasteiger partial charge in [0.05, 0.1) is 6.10 Å². The third kappa shape index (κ3) is 3.24. The normalized spacial score (nSPS) is 19.9. The Labute approximate surface area is 115 Å². The van der Waals surface area contributed by atoms with Crippen molar-refractivity contribution in [3.8, 4) is 5.75 Å². The number of benzene rings is 1. The molecule has 1 aromatic carbocycles. The van der Waals surface area contributed by atoms with E-state index in [0.717, 1.165) is 25.7 Å². The second-order valence-corrected chi connectivity index (χ2v) is 5.30. The van der Waals surface area contributed by atoms with Crippen LogP contribution in [0.25, 0.3) is 0 Å². The third-order valence-corrected chi connectivity index (χ3v) is 3.99. The maximum atomic E-state index is 12.2. The van der Waals surface area contributed by atoms with E-state index in [9.17, 15) is 18.3 Å². The number of aliphatic hydroxyl groups excluding tert-OH is 1. The van der Waals surface area contributed by atoms with Gasteiger partial charge in [-0.15, -0.1) is 13.2 Å². The number of halogens is 3. The fourth-order valence-electron chi connectivity index (χ4n) is 2.90. The average Bonchev–Trinajstić information content (AvgIpc) is 2.86. The molecule has 1 aliphatic rings. The third-order valence-electron chi connectivity index (χ3n) is 3.99. The summed E-state index contributed by atoms with van der Waals surface area (Å²) in [4.78, 5) is 0. The van der Waals surface area contributed by atoms with Gasteiger partial charge in [-0.1, -0.05) is 25.0 Å². The first kappa shape index (κ1) is 15.1. The molecule has 0 bridgehead atoms. The van der Waals surface area contributed by atoms with Crippen molar-refractivity contribution >= 4 is 0 Å². The molecule has 6 heteroatoms. The van der Waals surface area contributed by atoms with Crippen LogP contribution < -0.4 is 10.5 Å². The molecule has 20 heavy (non-hydrogen) atoms. The molecule has 0 saturated heterocycles. The lowest BCUT2D eigenvalue weighted by atomic mass is 9.77. The second-order valence-electron chi connectivity index (χ2n) is 5.30. The van der Waals surface area contributed by atoms with Crippen LogP contribution in [-0.2, 0) is 0 Å². The number of aliphatic hydroxyl groups is 1. The van der Waals surface area contributed by atoms with Gasteiger partial charge >= 0.3 is 6.36 Å². The Morgan fingerprint density at radius 1 is 1.30 bits per heavy atom. The molecule has 1 atom stereocenters. The topological polar surface area (TPSA) is 55.5 Å². The molecule has 1 fully saturated rings. The monoisotopic (exact) mass is 289 g/mol. The molecule has 0 radical (unpaired) electrons. The van der Waals surface area contributed by atoms with Crippen molar-refractivity contribution in [1.82, 2.24) is 0 Å². The van der Waals surface area contributed by atoms with Gasteiger partial charge in [-0.2, -0.15) is 0 Å². The summed E-state index contributed by atoms with van der Waals surface area (Å²) in [6.07, 6.45) is -2.07. The molecular weight excluding hydrogens is 271 g/mol. The summed E-state index contributed by atoms with van der Waals surface area (Å²) in [5, 5.41) is 10.5. The largest absolute Gasteiger partial charge is 0.573 e. The number of rotatable bonds is 4. The Hall–Kier alpha value is -1.27. The highest BCUT2D eigenvalue weighted by Crippen LogP contribution is 2.47. The van der Waals surface area contributed by atoms with Gasteiger partial charge in [0.1, 0.15) is 5.75 Å². The molecule has 1 saturated carbocycles. The van der Waals surface area contributed by atoms with Gasteiger partial charge < -0.3 is 15.6 Å². The number of alkyl halides is 3. The predicted octanol–water partition coefficient (Wildman–Crippen LogP) is 3.14. The molecule has 0 spiro atoms. The van der Waals surface area contributed by atoms with Gasteiger partial charge in [0.25, 0.3) is 0 Å². The van der Waals surface area contributed by atoms with Crippen LogP contribution in [0, 0.1) is 5.41 Å². The lowest BCUT2D eigenvalue weighted by Crippen LogP contribution is -2.34. The standard InChI is InChI=1S/C14H18F3NO2/c15-14(16,17)20-11-5-3-4-10(8-11)12(19)13(9-18)6-1-2-7-13/h3-5,8,12,19H,1-2,6-7,9,18H2. The summed E-state index contributed by atoms with van der Waals surface area (Å²) in [5.41, 5.74) is 5.76. The molecule has 0 heterocycles. The van der Waals surface area contributed by atoms with Crippen LogP contribution in [0.5, 0.6) is 5.75 Å². The molecule has 0 aromatic heterocycles. The van der Waals surface area contributed by atoms with E-state index in [-0.39, 0.29) is 5.75 Å². The number of ether oxygens (including phenoxy) is 1. The predicted molar refractivity (Wildman–Crippen MR) is 68.0 cm³/mol. The first-order valence-electron chi connectivity index (χ1n) is 6.60.